The second-order valence-corrected chi connectivity index (χ2v) is 3.71. The molecule has 86 valence electrons. The lowest BCUT2D eigenvalue weighted by atomic mass is 10.1. The zero-order chi connectivity index (χ0) is 12.1. The topological polar surface area (TPSA) is 38.3 Å². The van der Waals surface area contributed by atoms with Gasteiger partial charge in [-0.2, -0.15) is 5.48 Å². The summed E-state index contributed by atoms with van der Waals surface area (Å²) in [6.07, 6.45) is 0. The zero-order valence-corrected chi connectivity index (χ0v) is 9.51. The third-order valence-corrected chi connectivity index (χ3v) is 2.32. The number of aryl methyl sites for hydroxylation is 1. The van der Waals surface area contributed by atoms with Crippen LogP contribution in [0.4, 0.5) is 0 Å². The highest BCUT2D eigenvalue weighted by Gasteiger charge is 2.04. The monoisotopic (exact) mass is 227 g/mol. The molecule has 0 aromatic heterocycles. The first kappa shape index (κ1) is 11.2. The molecule has 2 aromatic carbocycles. The molecular formula is C14H13NO2. The van der Waals surface area contributed by atoms with Crippen molar-refractivity contribution in [1.82, 2.24) is 5.48 Å². The molecule has 2 aromatic rings. The van der Waals surface area contributed by atoms with Crippen LogP contribution in [0, 0.1) is 6.92 Å². The number of amides is 1. The highest BCUT2D eigenvalue weighted by atomic mass is 16.7. The summed E-state index contributed by atoms with van der Waals surface area (Å²) in [5.74, 6) is 0.349. The molecule has 0 aliphatic rings. The van der Waals surface area contributed by atoms with Gasteiger partial charge in [-0.3, -0.25) is 4.79 Å². The van der Waals surface area contributed by atoms with Gasteiger partial charge in [0, 0.05) is 5.56 Å². The van der Waals surface area contributed by atoms with Gasteiger partial charge in [0.1, 0.15) is 0 Å². The summed E-state index contributed by atoms with van der Waals surface area (Å²) < 4.78 is 0. The van der Waals surface area contributed by atoms with Gasteiger partial charge in [0.15, 0.2) is 5.75 Å². The van der Waals surface area contributed by atoms with Gasteiger partial charge in [0.25, 0.3) is 5.91 Å². The predicted molar refractivity (Wildman–Crippen MR) is 65.7 cm³/mol. The maximum Gasteiger partial charge on any atom is 0.283 e. The van der Waals surface area contributed by atoms with Crippen LogP contribution in [-0.4, -0.2) is 5.91 Å². The Bertz CT molecular complexity index is 491. The Morgan fingerprint density at radius 3 is 2.29 bits per heavy atom. The Morgan fingerprint density at radius 1 is 1.00 bits per heavy atom. The summed E-state index contributed by atoms with van der Waals surface area (Å²) >= 11 is 0. The number of hydroxylamine groups is 1. The molecule has 0 unspecified atom stereocenters. The normalized spacial score (nSPS) is 9.71. The van der Waals surface area contributed by atoms with E-state index in [1.807, 2.05) is 37.3 Å². The summed E-state index contributed by atoms with van der Waals surface area (Å²) in [5, 5.41) is 0. The summed E-state index contributed by atoms with van der Waals surface area (Å²) in [5.41, 5.74) is 4.09. The van der Waals surface area contributed by atoms with Crippen molar-refractivity contribution in [1.29, 1.82) is 0 Å². The fourth-order valence-corrected chi connectivity index (χ4v) is 1.36. The van der Waals surface area contributed by atoms with Crippen molar-refractivity contribution in [3.05, 3.63) is 65.7 Å². The van der Waals surface area contributed by atoms with E-state index >= 15 is 0 Å². The van der Waals surface area contributed by atoms with E-state index < -0.39 is 0 Å². The van der Waals surface area contributed by atoms with E-state index in [1.54, 1.807) is 24.3 Å². The zero-order valence-electron chi connectivity index (χ0n) is 9.51. The molecule has 0 spiro atoms. The summed E-state index contributed by atoms with van der Waals surface area (Å²) in [7, 11) is 0. The molecule has 3 nitrogen and oxygen atoms in total. The molecule has 2 rings (SSSR count). The Balaban J connectivity index is 1.96. The second-order valence-electron chi connectivity index (χ2n) is 3.71. The molecule has 17 heavy (non-hydrogen) atoms. The minimum Gasteiger partial charge on any atom is -0.379 e. The highest BCUT2D eigenvalue weighted by Crippen LogP contribution is 2.07. The van der Waals surface area contributed by atoms with Crippen LogP contribution in [0.5, 0.6) is 5.75 Å². The average molecular weight is 227 g/mol. The lowest BCUT2D eigenvalue weighted by molar-refractivity contribution is 0.0760. The molecule has 0 heterocycles. The van der Waals surface area contributed by atoms with Gasteiger partial charge in [0.2, 0.25) is 0 Å². The smallest absolute Gasteiger partial charge is 0.283 e. The minimum absolute atomic E-state index is 0.256. The largest absolute Gasteiger partial charge is 0.379 e. The van der Waals surface area contributed by atoms with Gasteiger partial charge < -0.3 is 4.84 Å². The van der Waals surface area contributed by atoms with Gasteiger partial charge >= 0.3 is 0 Å². The van der Waals surface area contributed by atoms with Crippen molar-refractivity contribution in [3.8, 4) is 5.75 Å². The first-order chi connectivity index (χ1) is 8.25. The van der Waals surface area contributed by atoms with Crippen molar-refractivity contribution < 1.29 is 9.63 Å². The van der Waals surface area contributed by atoms with Crippen LogP contribution in [-0.2, 0) is 0 Å². The van der Waals surface area contributed by atoms with E-state index in [0.717, 1.165) is 5.56 Å². The number of hydrogen-bond acceptors (Lipinski definition) is 2. The van der Waals surface area contributed by atoms with Gasteiger partial charge in [-0.25, -0.2) is 0 Å². The fourth-order valence-electron chi connectivity index (χ4n) is 1.36. The SMILES string of the molecule is Cc1ccc(C(=O)NOc2ccccc2)cc1. The predicted octanol–water partition coefficient (Wildman–Crippen LogP) is 2.72. The van der Waals surface area contributed by atoms with Gasteiger partial charge in [-0.15, -0.1) is 0 Å². The summed E-state index contributed by atoms with van der Waals surface area (Å²) in [4.78, 5) is 16.8. The Labute approximate surface area is 100.0 Å². The van der Waals surface area contributed by atoms with Crippen LogP contribution in [0.1, 0.15) is 15.9 Å². The molecule has 0 radical (unpaired) electrons. The minimum atomic E-state index is -0.256. The van der Waals surface area contributed by atoms with E-state index in [0.29, 0.717) is 11.3 Å². The van der Waals surface area contributed by atoms with Crippen LogP contribution < -0.4 is 10.3 Å². The molecule has 0 aliphatic carbocycles. The molecule has 0 aliphatic heterocycles. The Kier molecular flexibility index (Phi) is 3.40. The standard InChI is InChI=1S/C14H13NO2/c1-11-7-9-12(10-8-11)14(16)15-17-13-5-3-2-4-6-13/h2-10H,1H3,(H,15,16). The van der Waals surface area contributed by atoms with Gasteiger partial charge in [0.05, 0.1) is 0 Å². The van der Waals surface area contributed by atoms with Crippen molar-refractivity contribution in [2.24, 2.45) is 0 Å². The molecule has 0 saturated carbocycles. The number of para-hydroxylation sites is 1. The molecule has 0 bridgehead atoms. The van der Waals surface area contributed by atoms with Crippen LogP contribution in [0.15, 0.2) is 54.6 Å². The van der Waals surface area contributed by atoms with Crippen molar-refractivity contribution in [2.75, 3.05) is 0 Å². The molecule has 1 N–H and O–H groups in total. The third kappa shape index (κ3) is 3.08. The summed E-state index contributed by atoms with van der Waals surface area (Å²) in [6.45, 7) is 1.97. The molecule has 0 saturated heterocycles. The maximum atomic E-state index is 11.7. The Hall–Kier alpha value is -2.29. The molecule has 1 amide bonds. The van der Waals surface area contributed by atoms with Crippen LogP contribution in [0.2, 0.25) is 0 Å². The number of benzene rings is 2. The van der Waals surface area contributed by atoms with Crippen molar-refractivity contribution in [2.45, 2.75) is 6.92 Å². The quantitative estimate of drug-likeness (QED) is 0.819. The second kappa shape index (κ2) is 5.16. The highest BCUT2D eigenvalue weighted by molar-refractivity contribution is 5.93. The van der Waals surface area contributed by atoms with Gasteiger partial charge in [-0.05, 0) is 31.2 Å². The lowest BCUT2D eigenvalue weighted by Crippen LogP contribution is -2.26. The Morgan fingerprint density at radius 2 is 1.65 bits per heavy atom. The average Bonchev–Trinajstić information content (AvgIpc) is 2.38. The first-order valence-electron chi connectivity index (χ1n) is 5.34. The molecule has 0 atom stereocenters. The van der Waals surface area contributed by atoms with E-state index in [2.05, 4.69) is 5.48 Å². The van der Waals surface area contributed by atoms with E-state index in [1.165, 1.54) is 0 Å². The first-order valence-corrected chi connectivity index (χ1v) is 5.34. The van der Waals surface area contributed by atoms with Crippen LogP contribution in [0.3, 0.4) is 0 Å². The number of carbonyl (C=O) groups excluding carboxylic acids is 1. The molecule has 0 fully saturated rings. The number of nitrogens with one attached hydrogen (secondary N) is 1. The molecular weight excluding hydrogens is 214 g/mol. The number of hydrogen-bond donors (Lipinski definition) is 1. The number of rotatable bonds is 3. The number of carbonyl (C=O) groups is 1. The van der Waals surface area contributed by atoms with Crippen LogP contribution in [0.25, 0.3) is 0 Å². The van der Waals surface area contributed by atoms with E-state index in [9.17, 15) is 4.79 Å². The van der Waals surface area contributed by atoms with E-state index in [4.69, 9.17) is 4.84 Å². The van der Waals surface area contributed by atoms with Crippen LogP contribution >= 0.6 is 0 Å². The summed E-state index contributed by atoms with van der Waals surface area (Å²) in [6, 6.07) is 16.4. The molecule has 3 heteroatoms. The van der Waals surface area contributed by atoms with E-state index in [-0.39, 0.29) is 5.91 Å². The van der Waals surface area contributed by atoms with Gasteiger partial charge in [-0.1, -0.05) is 35.9 Å². The van der Waals surface area contributed by atoms with Crippen molar-refractivity contribution in [3.63, 3.8) is 0 Å². The van der Waals surface area contributed by atoms with Crippen molar-refractivity contribution >= 4 is 5.91 Å². The third-order valence-electron chi connectivity index (χ3n) is 2.32. The lowest BCUT2D eigenvalue weighted by Gasteiger charge is -2.06. The fraction of sp³-hybridized carbons (Fsp3) is 0.0714. The maximum absolute atomic E-state index is 11.7.